The van der Waals surface area contributed by atoms with Gasteiger partial charge in [-0.2, -0.15) is 0 Å². The van der Waals surface area contributed by atoms with Gasteiger partial charge in [-0.3, -0.25) is 4.79 Å². The molecular weight excluding hydrogens is 246 g/mol. The van der Waals surface area contributed by atoms with Crippen molar-refractivity contribution in [2.75, 3.05) is 7.11 Å². The molecule has 1 rings (SSSR count). The van der Waals surface area contributed by atoms with Gasteiger partial charge in [0.1, 0.15) is 10.6 Å². The second kappa shape index (κ2) is 4.18. The van der Waals surface area contributed by atoms with Crippen LogP contribution >= 0.6 is 0 Å². The summed E-state index contributed by atoms with van der Waals surface area (Å²) in [6.45, 7) is 0. The number of nitrogens with two attached hydrogens (primary N) is 1. The molecule has 6 nitrogen and oxygen atoms in total. The first-order valence-corrected chi connectivity index (χ1v) is 5.44. The van der Waals surface area contributed by atoms with Crippen molar-refractivity contribution in [3.8, 4) is 5.75 Å². The van der Waals surface area contributed by atoms with E-state index in [9.17, 15) is 22.0 Å². The van der Waals surface area contributed by atoms with E-state index in [1.165, 1.54) is 0 Å². The number of hydrogen-bond donors (Lipinski definition) is 2. The summed E-state index contributed by atoms with van der Waals surface area (Å²) < 4.78 is 51.0. The maximum Gasteiger partial charge on any atom is 0.282 e. The highest BCUT2D eigenvalue weighted by Gasteiger charge is 2.23. The fourth-order valence-corrected chi connectivity index (χ4v) is 1.66. The van der Waals surface area contributed by atoms with Crippen molar-refractivity contribution in [2.45, 2.75) is 11.3 Å². The average Bonchev–Trinajstić information content (AvgIpc) is 2.14. The van der Waals surface area contributed by atoms with Gasteiger partial charge in [0.15, 0.2) is 5.75 Å². The quantitative estimate of drug-likeness (QED) is 0.790. The van der Waals surface area contributed by atoms with E-state index in [4.69, 9.17) is 5.14 Å². The zero-order valence-corrected chi connectivity index (χ0v) is 8.85. The van der Waals surface area contributed by atoms with Crippen LogP contribution in [0.5, 0.6) is 5.75 Å². The third-order valence-corrected chi connectivity index (χ3v) is 2.68. The minimum absolute atomic E-state index is 0.613. The standard InChI is InChI=1S/C7H8F2N2O4S/c1-15-6-4(7(8)9)11-2-3(5(6)12)16(10,13)14/h2,7H,1H3,(H,11,12)(H2,10,13,14). The Morgan fingerprint density at radius 3 is 2.44 bits per heavy atom. The molecule has 0 amide bonds. The molecule has 0 atom stereocenters. The predicted octanol–water partition coefficient (Wildman–Crippen LogP) is -0.0315. The van der Waals surface area contributed by atoms with E-state index in [0.717, 1.165) is 7.11 Å². The molecule has 9 heteroatoms. The molecule has 1 aromatic rings. The van der Waals surface area contributed by atoms with Crippen LogP contribution < -0.4 is 15.3 Å². The van der Waals surface area contributed by atoms with Crippen molar-refractivity contribution in [3.05, 3.63) is 22.1 Å². The molecule has 0 spiro atoms. The van der Waals surface area contributed by atoms with Crippen LogP contribution in [0.15, 0.2) is 15.9 Å². The van der Waals surface area contributed by atoms with Crippen molar-refractivity contribution < 1.29 is 21.9 Å². The van der Waals surface area contributed by atoms with Gasteiger partial charge in [0.2, 0.25) is 15.5 Å². The van der Waals surface area contributed by atoms with Crippen LogP contribution in [0.3, 0.4) is 0 Å². The number of ether oxygens (including phenoxy) is 1. The first-order chi connectivity index (χ1) is 7.29. The van der Waals surface area contributed by atoms with Gasteiger partial charge in [0.05, 0.1) is 7.11 Å². The molecule has 1 aromatic heterocycles. The number of pyridine rings is 1. The number of nitrogens with one attached hydrogen (secondary N) is 1. The van der Waals surface area contributed by atoms with Crippen LogP contribution in [0.4, 0.5) is 8.78 Å². The Balaban J connectivity index is 3.60. The van der Waals surface area contributed by atoms with Gasteiger partial charge in [-0.25, -0.2) is 22.3 Å². The molecule has 3 N–H and O–H groups in total. The van der Waals surface area contributed by atoms with E-state index < -0.39 is 38.2 Å². The van der Waals surface area contributed by atoms with Gasteiger partial charge in [-0.1, -0.05) is 0 Å². The monoisotopic (exact) mass is 254 g/mol. The van der Waals surface area contributed by atoms with Crippen LogP contribution in [0.2, 0.25) is 0 Å². The lowest BCUT2D eigenvalue weighted by Crippen LogP contribution is -2.24. The van der Waals surface area contributed by atoms with Crippen molar-refractivity contribution >= 4 is 10.0 Å². The molecule has 90 valence electrons. The normalized spacial score (nSPS) is 11.8. The summed E-state index contributed by atoms with van der Waals surface area (Å²) in [5.74, 6) is -0.762. The maximum absolute atomic E-state index is 12.4. The third kappa shape index (κ3) is 2.19. The topological polar surface area (TPSA) is 102 Å². The number of rotatable bonds is 3. The van der Waals surface area contributed by atoms with E-state index in [-0.39, 0.29) is 0 Å². The Kier molecular flexibility index (Phi) is 3.29. The molecule has 0 unspecified atom stereocenters. The third-order valence-electron chi connectivity index (χ3n) is 1.76. The number of H-pyrrole nitrogens is 1. The van der Waals surface area contributed by atoms with Gasteiger partial charge in [-0.15, -0.1) is 0 Å². The number of primary sulfonamides is 1. The number of halogens is 2. The number of aromatic nitrogens is 1. The molecule has 1 heterocycles. The van der Waals surface area contributed by atoms with Crippen molar-refractivity contribution in [1.29, 1.82) is 0 Å². The van der Waals surface area contributed by atoms with Crippen molar-refractivity contribution in [3.63, 3.8) is 0 Å². The highest BCUT2D eigenvalue weighted by molar-refractivity contribution is 7.89. The SMILES string of the molecule is COc1c(C(F)F)[nH]cc(S(N)(=O)=O)c1=O. The van der Waals surface area contributed by atoms with Crippen molar-refractivity contribution in [2.24, 2.45) is 5.14 Å². The summed E-state index contributed by atoms with van der Waals surface area (Å²) in [6, 6.07) is 0. The Hall–Kier alpha value is -1.48. The molecule has 0 aliphatic heterocycles. The zero-order valence-electron chi connectivity index (χ0n) is 8.03. The summed E-state index contributed by atoms with van der Waals surface area (Å²) in [5, 5.41) is 4.72. The Morgan fingerprint density at radius 2 is 2.06 bits per heavy atom. The summed E-state index contributed by atoms with van der Waals surface area (Å²) >= 11 is 0. The first kappa shape index (κ1) is 12.6. The molecule has 0 aliphatic rings. The van der Waals surface area contributed by atoms with Gasteiger partial charge < -0.3 is 9.72 Å². The molecule has 0 fully saturated rings. The first-order valence-electron chi connectivity index (χ1n) is 3.89. The highest BCUT2D eigenvalue weighted by atomic mass is 32.2. The van der Waals surface area contributed by atoms with E-state index >= 15 is 0 Å². The van der Waals surface area contributed by atoms with Gasteiger partial charge in [0.25, 0.3) is 6.43 Å². The van der Waals surface area contributed by atoms with Crippen LogP contribution in [0, 0.1) is 0 Å². The molecule has 0 radical (unpaired) electrons. The van der Waals surface area contributed by atoms with Crippen LogP contribution in [0.1, 0.15) is 12.1 Å². The lowest BCUT2D eigenvalue weighted by Gasteiger charge is -2.07. The Bertz CT molecular complexity index is 552. The van der Waals surface area contributed by atoms with Crippen LogP contribution in [-0.4, -0.2) is 20.5 Å². The van der Waals surface area contributed by atoms with E-state index in [2.05, 4.69) is 4.74 Å². The number of methoxy groups -OCH3 is 1. The zero-order chi connectivity index (χ0) is 12.5. The van der Waals surface area contributed by atoms with Crippen molar-refractivity contribution in [1.82, 2.24) is 4.98 Å². The number of alkyl halides is 2. The highest BCUT2D eigenvalue weighted by Crippen LogP contribution is 2.24. The fourth-order valence-electron chi connectivity index (χ4n) is 1.08. The molecule has 0 saturated heterocycles. The summed E-state index contributed by atoms with van der Waals surface area (Å²) in [7, 11) is -3.30. The largest absolute Gasteiger partial charge is 0.491 e. The smallest absolute Gasteiger partial charge is 0.282 e. The second-order valence-corrected chi connectivity index (χ2v) is 4.30. The van der Waals surface area contributed by atoms with E-state index in [1.54, 1.807) is 0 Å². The molecule has 0 aromatic carbocycles. The Morgan fingerprint density at radius 1 is 1.50 bits per heavy atom. The van der Waals surface area contributed by atoms with E-state index in [1.807, 2.05) is 4.98 Å². The summed E-state index contributed by atoms with van der Waals surface area (Å²) in [6.07, 6.45) is -2.38. The van der Waals surface area contributed by atoms with Gasteiger partial charge in [0, 0.05) is 6.20 Å². The lowest BCUT2D eigenvalue weighted by atomic mass is 10.3. The fraction of sp³-hybridized carbons (Fsp3) is 0.286. The van der Waals surface area contributed by atoms with Crippen LogP contribution in [-0.2, 0) is 10.0 Å². The molecule has 0 aliphatic carbocycles. The average molecular weight is 254 g/mol. The summed E-state index contributed by atoms with van der Waals surface area (Å²) in [4.78, 5) is 12.6. The predicted molar refractivity (Wildman–Crippen MR) is 49.9 cm³/mol. The molecule has 0 saturated carbocycles. The second-order valence-electron chi connectivity index (χ2n) is 2.77. The van der Waals surface area contributed by atoms with Crippen LogP contribution in [0.25, 0.3) is 0 Å². The minimum atomic E-state index is -4.28. The molecule has 16 heavy (non-hydrogen) atoms. The molecular formula is C7H8F2N2O4S. The minimum Gasteiger partial charge on any atom is -0.491 e. The number of sulfonamides is 1. The van der Waals surface area contributed by atoms with Gasteiger partial charge in [-0.05, 0) is 0 Å². The van der Waals surface area contributed by atoms with Gasteiger partial charge >= 0.3 is 0 Å². The Labute approximate surface area is 89.1 Å². The molecule has 0 bridgehead atoms. The van der Waals surface area contributed by atoms with E-state index in [0.29, 0.717) is 6.20 Å². The number of hydrogen-bond acceptors (Lipinski definition) is 4. The summed E-state index contributed by atoms with van der Waals surface area (Å²) in [5.41, 5.74) is -1.99. The number of aromatic amines is 1. The lowest BCUT2D eigenvalue weighted by molar-refractivity contribution is 0.141. The maximum atomic E-state index is 12.4.